The Morgan fingerprint density at radius 2 is 1.38 bits per heavy atom. The molecule has 0 atom stereocenters. The lowest BCUT2D eigenvalue weighted by molar-refractivity contribution is -0.114. The molecule has 2 aromatic rings. The molecule has 3 amide bonds. The third kappa shape index (κ3) is 7.29. The van der Waals surface area contributed by atoms with E-state index in [1.807, 2.05) is 20.8 Å². The lowest BCUT2D eigenvalue weighted by atomic mass is 10.2. The second kappa shape index (κ2) is 10.8. The van der Waals surface area contributed by atoms with E-state index < -0.39 is 0 Å². The van der Waals surface area contributed by atoms with Gasteiger partial charge in [0.1, 0.15) is 0 Å². The summed E-state index contributed by atoms with van der Waals surface area (Å²) in [6.45, 7) is 6.51. The van der Waals surface area contributed by atoms with Gasteiger partial charge in [0, 0.05) is 35.1 Å². The maximum Gasteiger partial charge on any atom is 0.251 e. The van der Waals surface area contributed by atoms with Gasteiger partial charge in [0.25, 0.3) is 11.8 Å². The summed E-state index contributed by atoms with van der Waals surface area (Å²) in [5, 5.41) is 11.4. The Balaban J connectivity index is 1.82. The SMILES string of the molecule is CCCNC(=O)c1ccc(NCC(=O)Nc2ccc(C(=O)NC(C)C)cc2)cc1. The quantitative estimate of drug-likeness (QED) is 0.524. The minimum Gasteiger partial charge on any atom is -0.376 e. The molecule has 0 saturated heterocycles. The number of hydrogen-bond donors (Lipinski definition) is 4. The zero-order valence-corrected chi connectivity index (χ0v) is 17.0. The van der Waals surface area contributed by atoms with E-state index in [2.05, 4.69) is 21.3 Å². The van der Waals surface area contributed by atoms with Gasteiger partial charge in [-0.25, -0.2) is 0 Å². The van der Waals surface area contributed by atoms with Gasteiger partial charge in [-0.05, 0) is 68.8 Å². The molecule has 2 rings (SSSR count). The van der Waals surface area contributed by atoms with Crippen molar-refractivity contribution < 1.29 is 14.4 Å². The molecule has 0 aliphatic carbocycles. The molecule has 0 unspecified atom stereocenters. The summed E-state index contributed by atoms with van der Waals surface area (Å²) < 4.78 is 0. The standard InChI is InChI=1S/C22H28N4O3/c1-4-13-23-21(28)16-5-9-18(10-6-16)24-14-20(27)26-19-11-7-17(8-12-19)22(29)25-15(2)3/h5-12,15,24H,4,13-14H2,1-3H3,(H,23,28)(H,25,29)(H,26,27). The monoisotopic (exact) mass is 396 g/mol. The highest BCUT2D eigenvalue weighted by Gasteiger charge is 2.08. The van der Waals surface area contributed by atoms with Crippen LogP contribution in [0.5, 0.6) is 0 Å². The summed E-state index contributed by atoms with van der Waals surface area (Å²) in [6, 6.07) is 13.7. The molecule has 154 valence electrons. The Labute approximate surface area is 171 Å². The van der Waals surface area contributed by atoms with Crippen molar-refractivity contribution in [2.24, 2.45) is 0 Å². The van der Waals surface area contributed by atoms with E-state index in [9.17, 15) is 14.4 Å². The van der Waals surface area contributed by atoms with Gasteiger partial charge in [0.15, 0.2) is 0 Å². The highest BCUT2D eigenvalue weighted by Crippen LogP contribution is 2.11. The molecule has 0 bridgehead atoms. The number of carbonyl (C=O) groups is 3. The fourth-order valence-corrected chi connectivity index (χ4v) is 2.52. The van der Waals surface area contributed by atoms with E-state index in [4.69, 9.17) is 0 Å². The van der Waals surface area contributed by atoms with Crippen molar-refractivity contribution in [2.45, 2.75) is 33.2 Å². The van der Waals surface area contributed by atoms with Crippen LogP contribution < -0.4 is 21.3 Å². The lowest BCUT2D eigenvalue weighted by Crippen LogP contribution is -2.30. The molecule has 0 saturated carbocycles. The molecular weight excluding hydrogens is 368 g/mol. The van der Waals surface area contributed by atoms with Crippen LogP contribution in [-0.4, -0.2) is 36.9 Å². The van der Waals surface area contributed by atoms with E-state index in [1.165, 1.54) is 0 Å². The van der Waals surface area contributed by atoms with Crippen molar-refractivity contribution in [3.8, 4) is 0 Å². The van der Waals surface area contributed by atoms with Crippen molar-refractivity contribution in [2.75, 3.05) is 23.7 Å². The van der Waals surface area contributed by atoms with Crippen molar-refractivity contribution in [3.63, 3.8) is 0 Å². The van der Waals surface area contributed by atoms with Gasteiger partial charge in [-0.3, -0.25) is 14.4 Å². The van der Waals surface area contributed by atoms with Crippen LogP contribution in [0.1, 0.15) is 47.9 Å². The molecule has 29 heavy (non-hydrogen) atoms. The van der Waals surface area contributed by atoms with Crippen LogP contribution >= 0.6 is 0 Å². The number of anilines is 2. The molecule has 0 aliphatic rings. The van der Waals surface area contributed by atoms with Gasteiger partial charge in [-0.15, -0.1) is 0 Å². The molecule has 7 heteroatoms. The van der Waals surface area contributed by atoms with Gasteiger partial charge in [0.05, 0.1) is 6.54 Å². The Hall–Kier alpha value is -3.35. The predicted octanol–water partition coefficient (Wildman–Crippen LogP) is 3.02. The summed E-state index contributed by atoms with van der Waals surface area (Å²) in [5.74, 6) is -0.470. The first-order valence-corrected chi connectivity index (χ1v) is 9.72. The fraction of sp³-hybridized carbons (Fsp3) is 0.318. The third-order valence-corrected chi connectivity index (χ3v) is 3.99. The van der Waals surface area contributed by atoms with E-state index >= 15 is 0 Å². The van der Waals surface area contributed by atoms with Gasteiger partial charge in [-0.2, -0.15) is 0 Å². The number of carbonyl (C=O) groups excluding carboxylic acids is 3. The number of hydrogen-bond acceptors (Lipinski definition) is 4. The Morgan fingerprint density at radius 1 is 0.828 bits per heavy atom. The van der Waals surface area contributed by atoms with Crippen LogP contribution in [0.4, 0.5) is 11.4 Å². The summed E-state index contributed by atoms with van der Waals surface area (Å²) >= 11 is 0. The predicted molar refractivity (Wildman–Crippen MR) is 115 cm³/mol. The van der Waals surface area contributed by atoms with Crippen LogP contribution in [-0.2, 0) is 4.79 Å². The molecule has 0 spiro atoms. The maximum absolute atomic E-state index is 12.1. The highest BCUT2D eigenvalue weighted by atomic mass is 16.2. The van der Waals surface area contributed by atoms with Gasteiger partial charge in [-0.1, -0.05) is 6.92 Å². The minimum atomic E-state index is -0.214. The second-order valence-electron chi connectivity index (χ2n) is 6.94. The van der Waals surface area contributed by atoms with Gasteiger partial charge < -0.3 is 21.3 Å². The average Bonchev–Trinajstić information content (AvgIpc) is 2.71. The van der Waals surface area contributed by atoms with E-state index in [0.717, 1.165) is 12.1 Å². The fourth-order valence-electron chi connectivity index (χ4n) is 2.52. The van der Waals surface area contributed by atoms with Gasteiger partial charge >= 0.3 is 0 Å². The first kappa shape index (κ1) is 21.9. The van der Waals surface area contributed by atoms with Crippen molar-refractivity contribution in [3.05, 3.63) is 59.7 Å². The molecule has 0 fully saturated rings. The smallest absolute Gasteiger partial charge is 0.251 e. The normalized spacial score (nSPS) is 10.3. The first-order chi connectivity index (χ1) is 13.9. The number of nitrogens with one attached hydrogen (secondary N) is 4. The molecule has 7 nitrogen and oxygen atoms in total. The number of rotatable bonds is 9. The van der Waals surface area contributed by atoms with Crippen LogP contribution in [0.25, 0.3) is 0 Å². The van der Waals surface area contributed by atoms with E-state index in [1.54, 1.807) is 48.5 Å². The van der Waals surface area contributed by atoms with Crippen LogP contribution in [0.15, 0.2) is 48.5 Å². The molecule has 4 N–H and O–H groups in total. The molecule has 0 aliphatic heterocycles. The lowest BCUT2D eigenvalue weighted by Gasteiger charge is -2.10. The molecule has 0 radical (unpaired) electrons. The summed E-state index contributed by atoms with van der Waals surface area (Å²) in [6.07, 6.45) is 0.883. The summed E-state index contributed by atoms with van der Waals surface area (Å²) in [7, 11) is 0. The second-order valence-corrected chi connectivity index (χ2v) is 6.94. The molecular formula is C22H28N4O3. The number of amides is 3. The summed E-state index contributed by atoms with van der Waals surface area (Å²) in [5.41, 5.74) is 2.47. The van der Waals surface area contributed by atoms with Gasteiger partial charge in [0.2, 0.25) is 5.91 Å². The average molecular weight is 396 g/mol. The molecule has 2 aromatic carbocycles. The Kier molecular flexibility index (Phi) is 8.21. The maximum atomic E-state index is 12.1. The number of benzene rings is 2. The zero-order chi connectivity index (χ0) is 21.2. The zero-order valence-electron chi connectivity index (χ0n) is 17.0. The Bertz CT molecular complexity index is 830. The first-order valence-electron chi connectivity index (χ1n) is 9.72. The molecule has 0 heterocycles. The highest BCUT2D eigenvalue weighted by molar-refractivity contribution is 5.97. The van der Waals surface area contributed by atoms with Crippen LogP contribution in [0.2, 0.25) is 0 Å². The van der Waals surface area contributed by atoms with Crippen LogP contribution in [0, 0.1) is 0 Å². The largest absolute Gasteiger partial charge is 0.376 e. The van der Waals surface area contributed by atoms with Crippen molar-refractivity contribution >= 4 is 29.1 Å². The topological polar surface area (TPSA) is 99.3 Å². The van der Waals surface area contributed by atoms with Crippen molar-refractivity contribution in [1.82, 2.24) is 10.6 Å². The van der Waals surface area contributed by atoms with E-state index in [-0.39, 0.29) is 30.3 Å². The van der Waals surface area contributed by atoms with Crippen molar-refractivity contribution in [1.29, 1.82) is 0 Å². The third-order valence-electron chi connectivity index (χ3n) is 3.99. The Morgan fingerprint density at radius 3 is 1.93 bits per heavy atom. The summed E-state index contributed by atoms with van der Waals surface area (Å²) in [4.78, 5) is 35.9. The van der Waals surface area contributed by atoms with Crippen LogP contribution in [0.3, 0.4) is 0 Å². The minimum absolute atomic E-state index is 0.0627. The molecule has 0 aromatic heterocycles. The van der Waals surface area contributed by atoms with E-state index in [0.29, 0.717) is 23.4 Å².